The number of para-hydroxylation sites is 1. The zero-order valence-electron chi connectivity index (χ0n) is 19.6. The van der Waals surface area contributed by atoms with Crippen LogP contribution in [-0.4, -0.2) is 24.8 Å². The molecule has 0 bridgehead atoms. The zero-order valence-corrected chi connectivity index (χ0v) is 21.3. The number of nitrogens with one attached hydrogen (secondary N) is 2. The molecular formula is C28H21N3O4S2. The number of thiophene rings is 1. The van der Waals surface area contributed by atoms with Crippen molar-refractivity contribution in [3.63, 3.8) is 0 Å². The summed E-state index contributed by atoms with van der Waals surface area (Å²) in [6.07, 6.45) is 0. The van der Waals surface area contributed by atoms with Gasteiger partial charge in [-0.15, -0.1) is 11.3 Å². The molecule has 5 rings (SSSR count). The van der Waals surface area contributed by atoms with E-state index < -0.39 is 11.8 Å². The van der Waals surface area contributed by atoms with Gasteiger partial charge in [-0.25, -0.2) is 4.90 Å². The van der Waals surface area contributed by atoms with E-state index in [0.717, 1.165) is 4.90 Å². The fourth-order valence-electron chi connectivity index (χ4n) is 3.67. The standard InChI is InChI=1S/C28H21N3O4S2/c1-35-21-13-9-18(10-14-21)29-24-25(28(34)31(27(24)33)20-6-3-2-4-7-20)37-22-15-11-19(12-16-22)30-26(32)23-8-5-17-36-23/h2-17,29H,1H3,(H,30,32). The van der Waals surface area contributed by atoms with Crippen LogP contribution in [0.4, 0.5) is 17.1 Å². The number of hydrogen-bond acceptors (Lipinski definition) is 7. The maximum atomic E-state index is 13.5. The first-order valence-corrected chi connectivity index (χ1v) is 12.9. The zero-order chi connectivity index (χ0) is 25.8. The van der Waals surface area contributed by atoms with Gasteiger partial charge in [-0.2, -0.15) is 0 Å². The number of ether oxygens (including phenoxy) is 1. The number of nitrogens with zero attached hydrogens (tertiary/aromatic N) is 1. The quantitative estimate of drug-likeness (QED) is 0.273. The lowest BCUT2D eigenvalue weighted by molar-refractivity contribution is -0.120. The molecule has 0 saturated heterocycles. The Kier molecular flexibility index (Phi) is 7.07. The van der Waals surface area contributed by atoms with E-state index in [1.807, 2.05) is 17.5 Å². The van der Waals surface area contributed by atoms with Gasteiger partial charge in [-0.1, -0.05) is 36.0 Å². The summed E-state index contributed by atoms with van der Waals surface area (Å²) in [7, 11) is 1.58. The Morgan fingerprint density at radius 3 is 2.19 bits per heavy atom. The van der Waals surface area contributed by atoms with Crippen LogP contribution < -0.4 is 20.3 Å². The number of thioether (sulfide) groups is 1. The van der Waals surface area contributed by atoms with E-state index in [1.54, 1.807) is 86.0 Å². The predicted molar refractivity (Wildman–Crippen MR) is 147 cm³/mol. The van der Waals surface area contributed by atoms with Crippen molar-refractivity contribution < 1.29 is 19.1 Å². The summed E-state index contributed by atoms with van der Waals surface area (Å²) < 4.78 is 5.21. The van der Waals surface area contributed by atoms with Crippen molar-refractivity contribution >= 4 is 57.9 Å². The van der Waals surface area contributed by atoms with E-state index in [1.165, 1.54) is 28.0 Å². The van der Waals surface area contributed by atoms with Crippen LogP contribution in [0.1, 0.15) is 9.67 Å². The molecule has 3 aromatic carbocycles. The molecule has 184 valence electrons. The average Bonchev–Trinajstić information content (AvgIpc) is 3.54. The number of anilines is 3. The maximum absolute atomic E-state index is 13.5. The Morgan fingerprint density at radius 2 is 1.54 bits per heavy atom. The molecule has 37 heavy (non-hydrogen) atoms. The van der Waals surface area contributed by atoms with Crippen LogP contribution in [0.5, 0.6) is 5.75 Å². The van der Waals surface area contributed by atoms with Crippen LogP contribution in [0.25, 0.3) is 0 Å². The summed E-state index contributed by atoms with van der Waals surface area (Å²) in [5.41, 5.74) is 1.97. The Morgan fingerprint density at radius 1 is 0.838 bits per heavy atom. The van der Waals surface area contributed by atoms with Gasteiger partial charge in [0.05, 0.1) is 17.7 Å². The van der Waals surface area contributed by atoms with Gasteiger partial charge in [0.15, 0.2) is 0 Å². The van der Waals surface area contributed by atoms with Crippen LogP contribution in [-0.2, 0) is 9.59 Å². The number of methoxy groups -OCH3 is 1. The Bertz CT molecular complexity index is 1470. The van der Waals surface area contributed by atoms with E-state index in [9.17, 15) is 14.4 Å². The van der Waals surface area contributed by atoms with Gasteiger partial charge in [-0.3, -0.25) is 14.4 Å². The summed E-state index contributed by atoms with van der Waals surface area (Å²) >= 11 is 2.56. The molecule has 1 aliphatic rings. The number of amides is 3. The summed E-state index contributed by atoms with van der Waals surface area (Å²) in [4.78, 5) is 42.0. The first-order chi connectivity index (χ1) is 18.0. The molecule has 0 radical (unpaired) electrons. The minimum Gasteiger partial charge on any atom is -0.497 e. The lowest BCUT2D eigenvalue weighted by atomic mass is 10.2. The lowest BCUT2D eigenvalue weighted by Gasteiger charge is -2.15. The van der Waals surface area contributed by atoms with Crippen molar-refractivity contribution in [1.29, 1.82) is 0 Å². The van der Waals surface area contributed by atoms with Crippen molar-refractivity contribution in [2.45, 2.75) is 4.90 Å². The summed E-state index contributed by atoms with van der Waals surface area (Å²) in [5, 5.41) is 7.84. The third kappa shape index (κ3) is 5.28. The fraction of sp³-hybridized carbons (Fsp3) is 0.0357. The maximum Gasteiger partial charge on any atom is 0.283 e. The first kappa shape index (κ1) is 24.4. The van der Waals surface area contributed by atoms with Crippen LogP contribution in [0.15, 0.2) is 112 Å². The SMILES string of the molecule is COc1ccc(NC2=C(Sc3ccc(NC(=O)c4cccs4)cc3)C(=O)N(c3ccccc3)C2=O)cc1. The van der Waals surface area contributed by atoms with Crippen molar-refractivity contribution in [2.75, 3.05) is 22.6 Å². The summed E-state index contributed by atoms with van der Waals surface area (Å²) in [6.45, 7) is 0. The highest BCUT2D eigenvalue weighted by Gasteiger charge is 2.40. The molecule has 7 nitrogen and oxygen atoms in total. The van der Waals surface area contributed by atoms with Crippen molar-refractivity contribution in [2.24, 2.45) is 0 Å². The monoisotopic (exact) mass is 527 g/mol. The predicted octanol–water partition coefficient (Wildman–Crippen LogP) is 6.00. The number of rotatable bonds is 8. The Hall–Kier alpha value is -4.34. The summed E-state index contributed by atoms with van der Waals surface area (Å²) in [5.74, 6) is -0.346. The van der Waals surface area contributed by atoms with E-state index in [2.05, 4.69) is 10.6 Å². The van der Waals surface area contributed by atoms with Gasteiger partial charge in [0.1, 0.15) is 16.4 Å². The van der Waals surface area contributed by atoms with Gasteiger partial charge in [-0.05, 0) is 72.1 Å². The highest BCUT2D eigenvalue weighted by molar-refractivity contribution is 8.04. The molecule has 0 atom stereocenters. The van der Waals surface area contributed by atoms with Crippen LogP contribution in [0.2, 0.25) is 0 Å². The molecule has 0 spiro atoms. The second kappa shape index (κ2) is 10.7. The molecule has 0 saturated carbocycles. The smallest absolute Gasteiger partial charge is 0.283 e. The highest BCUT2D eigenvalue weighted by atomic mass is 32.2. The molecular weight excluding hydrogens is 506 g/mol. The van der Waals surface area contributed by atoms with Crippen molar-refractivity contribution in [1.82, 2.24) is 0 Å². The molecule has 3 amide bonds. The second-order valence-corrected chi connectivity index (χ2v) is 9.93. The third-order valence-corrected chi connectivity index (χ3v) is 7.45. The van der Waals surface area contributed by atoms with Crippen LogP contribution in [0, 0.1) is 0 Å². The normalized spacial score (nSPS) is 13.2. The van der Waals surface area contributed by atoms with Gasteiger partial charge in [0.25, 0.3) is 17.7 Å². The third-order valence-electron chi connectivity index (χ3n) is 5.49. The van der Waals surface area contributed by atoms with Gasteiger partial charge < -0.3 is 15.4 Å². The molecule has 0 unspecified atom stereocenters. The number of hydrogen-bond donors (Lipinski definition) is 2. The highest BCUT2D eigenvalue weighted by Crippen LogP contribution is 2.38. The molecule has 9 heteroatoms. The number of imide groups is 1. The Balaban J connectivity index is 1.41. The molecule has 1 aliphatic heterocycles. The van der Waals surface area contributed by atoms with Crippen LogP contribution >= 0.6 is 23.1 Å². The first-order valence-electron chi connectivity index (χ1n) is 11.3. The molecule has 1 aromatic heterocycles. The molecule has 2 N–H and O–H groups in total. The Labute approximate surface area is 221 Å². The summed E-state index contributed by atoms with van der Waals surface area (Å²) in [6, 6.07) is 26.6. The molecule has 0 fully saturated rings. The second-order valence-electron chi connectivity index (χ2n) is 7.90. The number of carbonyl (C=O) groups is 3. The number of benzene rings is 3. The molecule has 4 aromatic rings. The number of carbonyl (C=O) groups excluding carboxylic acids is 3. The van der Waals surface area contributed by atoms with Gasteiger partial charge in [0, 0.05) is 16.3 Å². The fourth-order valence-corrected chi connectivity index (χ4v) is 5.22. The van der Waals surface area contributed by atoms with Gasteiger partial charge >= 0.3 is 0 Å². The van der Waals surface area contributed by atoms with Gasteiger partial charge in [0.2, 0.25) is 0 Å². The van der Waals surface area contributed by atoms with Crippen molar-refractivity contribution in [3.8, 4) is 5.75 Å². The minimum atomic E-state index is -0.436. The van der Waals surface area contributed by atoms with E-state index in [4.69, 9.17) is 4.74 Å². The van der Waals surface area contributed by atoms with Crippen LogP contribution in [0.3, 0.4) is 0 Å². The minimum absolute atomic E-state index is 0.181. The van der Waals surface area contributed by atoms with E-state index in [-0.39, 0.29) is 16.5 Å². The van der Waals surface area contributed by atoms with E-state index >= 15 is 0 Å². The van der Waals surface area contributed by atoms with Crippen molar-refractivity contribution in [3.05, 3.63) is 112 Å². The molecule has 2 heterocycles. The average molecular weight is 528 g/mol. The lowest BCUT2D eigenvalue weighted by Crippen LogP contribution is -2.32. The van der Waals surface area contributed by atoms with E-state index in [0.29, 0.717) is 27.7 Å². The topological polar surface area (TPSA) is 87.7 Å². The largest absolute Gasteiger partial charge is 0.497 e. The molecule has 0 aliphatic carbocycles.